The summed E-state index contributed by atoms with van der Waals surface area (Å²) in [7, 11) is 0. The first-order valence-electron chi connectivity index (χ1n) is 9.08. The second-order valence-electron chi connectivity index (χ2n) is 7.01. The number of ether oxygens (including phenoxy) is 1. The van der Waals surface area contributed by atoms with Crippen LogP contribution in [0.4, 0.5) is 36.4 Å². The number of carbonyl (C=O) groups is 1. The molecular weight excluding hydrogens is 578 g/mol. The van der Waals surface area contributed by atoms with Gasteiger partial charge in [0.15, 0.2) is 11.8 Å². The number of rotatable bonds is 6. The van der Waals surface area contributed by atoms with E-state index in [1.54, 1.807) is 0 Å². The Morgan fingerprint density at radius 3 is 2.67 bits per heavy atom. The Labute approximate surface area is 195 Å². The van der Waals surface area contributed by atoms with Crippen molar-refractivity contribution in [2.45, 2.75) is 35.2 Å². The molecule has 1 aliphatic heterocycles. The molecule has 3 N–H and O–H groups in total. The third-order valence-electron chi connectivity index (χ3n) is 4.79. The van der Waals surface area contributed by atoms with Gasteiger partial charge in [0.25, 0.3) is 11.9 Å². The van der Waals surface area contributed by atoms with Crippen LogP contribution in [0.1, 0.15) is 34.6 Å². The van der Waals surface area contributed by atoms with Gasteiger partial charge in [0.2, 0.25) is 0 Å². The summed E-state index contributed by atoms with van der Waals surface area (Å²) in [5.74, 6) is -2.03. The monoisotopic (exact) mass is 593 g/mol. The van der Waals surface area contributed by atoms with Crippen molar-refractivity contribution < 1.29 is 40.3 Å². The van der Waals surface area contributed by atoms with Crippen LogP contribution in [-0.4, -0.2) is 40.7 Å². The first-order chi connectivity index (χ1) is 15.4. The normalized spacial score (nSPS) is 21.0. The van der Waals surface area contributed by atoms with Crippen molar-refractivity contribution in [2.75, 3.05) is 12.0 Å². The van der Waals surface area contributed by atoms with Gasteiger partial charge >= 0.3 is 12.7 Å². The van der Waals surface area contributed by atoms with E-state index in [2.05, 4.69) is 20.1 Å². The number of aromatic nitrogens is 2. The number of alkyl halides is 7. The lowest BCUT2D eigenvalue weighted by molar-refractivity contribution is -0.209. The van der Waals surface area contributed by atoms with Gasteiger partial charge in [-0.05, 0) is 18.2 Å². The highest BCUT2D eigenvalue weighted by atomic mass is 127. The minimum Gasteiger partial charge on any atom is -0.452 e. The third kappa shape index (κ3) is 5.16. The zero-order valence-electron chi connectivity index (χ0n) is 16.3. The number of nitrogens with zero attached hydrogens (tertiary/aromatic N) is 3. The first kappa shape index (κ1) is 25.0. The lowest BCUT2D eigenvalue weighted by Crippen LogP contribution is -2.48. The number of benzene rings is 1. The average Bonchev–Trinajstić information content (AvgIpc) is 3.19. The summed E-state index contributed by atoms with van der Waals surface area (Å²) in [5, 5.41) is 5.82. The van der Waals surface area contributed by atoms with Crippen LogP contribution in [0.25, 0.3) is 0 Å². The predicted molar refractivity (Wildman–Crippen MR) is 110 cm³/mol. The van der Waals surface area contributed by atoms with Gasteiger partial charge in [0.1, 0.15) is 18.0 Å². The molecule has 0 saturated carbocycles. The van der Waals surface area contributed by atoms with Crippen molar-refractivity contribution in [3.05, 3.63) is 47.0 Å². The molecule has 0 spiro atoms. The number of hydrogen-bond donors (Lipinski definition) is 2. The van der Waals surface area contributed by atoms with Crippen molar-refractivity contribution in [3.63, 3.8) is 0 Å². The lowest BCUT2D eigenvalue weighted by atomic mass is 9.84. The molecule has 2 atom stereocenters. The zero-order valence-corrected chi connectivity index (χ0v) is 18.5. The van der Waals surface area contributed by atoms with Crippen LogP contribution >= 0.6 is 22.6 Å². The van der Waals surface area contributed by atoms with Gasteiger partial charge in [0.05, 0.1) is 0 Å². The maximum absolute atomic E-state index is 14.6. The number of carbonyl (C=O) groups excluding carboxylic acids is 1. The summed E-state index contributed by atoms with van der Waals surface area (Å²) in [4.78, 5) is 16.2. The minimum atomic E-state index is -4.93. The van der Waals surface area contributed by atoms with E-state index in [1.807, 2.05) is 22.6 Å². The minimum absolute atomic E-state index is 0.154. The highest BCUT2D eigenvalue weighted by Crippen LogP contribution is 2.42. The number of hydrogen-bond acceptors (Lipinski definition) is 5. The van der Waals surface area contributed by atoms with Crippen LogP contribution in [0.15, 0.2) is 29.4 Å². The Hall–Kier alpha value is -2.59. The van der Waals surface area contributed by atoms with E-state index in [-0.39, 0.29) is 26.1 Å². The number of nitrogens with two attached hydrogens (primary N) is 1. The van der Waals surface area contributed by atoms with Gasteiger partial charge in [-0.1, -0.05) is 22.6 Å². The molecule has 0 unspecified atom stereocenters. The molecule has 7 nitrogen and oxygen atoms in total. The van der Waals surface area contributed by atoms with Crippen LogP contribution in [-0.2, 0) is 14.7 Å². The van der Waals surface area contributed by atoms with Gasteiger partial charge in [-0.15, -0.1) is 0 Å². The number of nitrogens with one attached hydrogen (secondary N) is 1. The van der Waals surface area contributed by atoms with E-state index in [9.17, 15) is 35.5 Å². The molecule has 180 valence electrons. The van der Waals surface area contributed by atoms with Gasteiger partial charge in [-0.25, -0.2) is 18.5 Å². The standard InChI is InChI=1S/C18H15F7IN5O2/c19-7-17(4-12(18(23,24)25)33-16(27)29-17)10-3-9(1-2-11(10)20)28-14(32)13-8(5-26)6-31(30-13)15(21)22/h1-3,6,12,15H,4-5,7H2,(H2,27,29)(H,28,32)/t12-,17+/m0/s1. The number of halogens is 8. The van der Waals surface area contributed by atoms with E-state index in [1.165, 1.54) is 0 Å². The summed E-state index contributed by atoms with van der Waals surface area (Å²) in [5.41, 5.74) is 2.05. The fourth-order valence-electron chi connectivity index (χ4n) is 3.25. The largest absolute Gasteiger partial charge is 0.452 e. The van der Waals surface area contributed by atoms with Crippen molar-refractivity contribution >= 4 is 40.2 Å². The molecule has 2 heterocycles. The van der Waals surface area contributed by atoms with E-state index in [4.69, 9.17) is 5.73 Å². The summed E-state index contributed by atoms with van der Waals surface area (Å²) in [6, 6.07) is 1.78. The fourth-order valence-corrected chi connectivity index (χ4v) is 3.81. The highest BCUT2D eigenvalue weighted by Gasteiger charge is 2.52. The maximum atomic E-state index is 14.6. The molecule has 0 fully saturated rings. The van der Waals surface area contributed by atoms with E-state index >= 15 is 0 Å². The Balaban J connectivity index is 1.97. The molecule has 0 saturated heterocycles. The van der Waals surface area contributed by atoms with Crippen molar-refractivity contribution in [1.82, 2.24) is 9.78 Å². The highest BCUT2D eigenvalue weighted by molar-refractivity contribution is 14.1. The Bertz CT molecular complexity index is 1070. The molecule has 3 rings (SSSR count). The third-order valence-corrected chi connectivity index (χ3v) is 5.61. The first-order valence-corrected chi connectivity index (χ1v) is 10.6. The van der Waals surface area contributed by atoms with Crippen molar-refractivity contribution in [1.29, 1.82) is 0 Å². The second kappa shape index (κ2) is 9.34. The summed E-state index contributed by atoms with van der Waals surface area (Å²) >= 11 is 1.84. The molecular formula is C18H15F7IN5O2. The molecule has 15 heteroatoms. The number of aliphatic imine (C=N–C) groups is 1. The molecule has 2 aromatic rings. The predicted octanol–water partition coefficient (Wildman–Crippen LogP) is 4.44. The fraction of sp³-hybridized carbons (Fsp3) is 0.389. The quantitative estimate of drug-likeness (QED) is 0.295. The van der Waals surface area contributed by atoms with Crippen molar-refractivity contribution in [2.24, 2.45) is 10.7 Å². The zero-order chi connectivity index (χ0) is 24.6. The second-order valence-corrected chi connectivity index (χ2v) is 7.77. The van der Waals surface area contributed by atoms with Gasteiger partial charge in [0, 0.05) is 33.9 Å². The molecule has 1 aromatic carbocycles. The van der Waals surface area contributed by atoms with Crippen molar-refractivity contribution in [3.8, 4) is 0 Å². The van der Waals surface area contributed by atoms with Crippen LogP contribution in [0.5, 0.6) is 0 Å². The summed E-state index contributed by atoms with van der Waals surface area (Å²) < 4.78 is 98.9. The smallest absolute Gasteiger partial charge is 0.425 e. The summed E-state index contributed by atoms with van der Waals surface area (Å²) in [6.45, 7) is -4.54. The molecule has 0 radical (unpaired) electrons. The SMILES string of the molecule is NC1=N[C@](CF)(c2cc(NC(=O)c3nn(C(F)F)cc3CI)ccc2F)C[C@@H](C(F)(F)F)O1. The Morgan fingerprint density at radius 2 is 2.09 bits per heavy atom. The van der Waals surface area contributed by atoms with Crippen LogP contribution in [0, 0.1) is 5.82 Å². The molecule has 1 aliphatic rings. The Kier molecular flexibility index (Phi) is 7.09. The van der Waals surface area contributed by atoms with Gasteiger partial charge < -0.3 is 15.8 Å². The Morgan fingerprint density at radius 1 is 1.39 bits per heavy atom. The molecule has 0 bridgehead atoms. The number of amides is 1. The van der Waals surface area contributed by atoms with E-state index in [0.29, 0.717) is 0 Å². The van der Waals surface area contributed by atoms with Gasteiger partial charge in [-0.2, -0.15) is 27.1 Å². The number of amidine groups is 1. The topological polar surface area (TPSA) is 94.5 Å². The maximum Gasteiger partial charge on any atom is 0.425 e. The molecule has 33 heavy (non-hydrogen) atoms. The van der Waals surface area contributed by atoms with E-state index < -0.39 is 60.8 Å². The van der Waals surface area contributed by atoms with Crippen LogP contribution < -0.4 is 11.1 Å². The van der Waals surface area contributed by atoms with Crippen LogP contribution in [0.3, 0.4) is 0 Å². The summed E-state index contributed by atoms with van der Waals surface area (Å²) in [6.07, 6.45) is -7.58. The van der Waals surface area contributed by atoms with Crippen LogP contribution in [0.2, 0.25) is 0 Å². The van der Waals surface area contributed by atoms with Gasteiger partial charge in [-0.3, -0.25) is 4.79 Å². The van der Waals surface area contributed by atoms with E-state index in [0.717, 1.165) is 24.4 Å². The molecule has 1 amide bonds. The molecule has 0 aliphatic carbocycles. The molecule has 1 aromatic heterocycles. The number of anilines is 1. The lowest BCUT2D eigenvalue weighted by Gasteiger charge is -2.36. The average molecular weight is 593 g/mol.